The summed E-state index contributed by atoms with van der Waals surface area (Å²) in [5.74, 6) is 2.48. The summed E-state index contributed by atoms with van der Waals surface area (Å²) >= 11 is 0. The maximum atomic E-state index is 11.7. The lowest BCUT2D eigenvalue weighted by atomic mass is 10.1. The summed E-state index contributed by atoms with van der Waals surface area (Å²) in [6.07, 6.45) is 4.63. The molecule has 0 saturated heterocycles. The molecule has 3 aromatic heterocycles. The Kier molecular flexibility index (Phi) is 4.59. The lowest BCUT2D eigenvalue weighted by Gasteiger charge is -2.21. The van der Waals surface area contributed by atoms with E-state index in [0.29, 0.717) is 42.9 Å². The first-order chi connectivity index (χ1) is 14.7. The van der Waals surface area contributed by atoms with Gasteiger partial charge in [-0.25, -0.2) is 9.97 Å². The van der Waals surface area contributed by atoms with Crippen molar-refractivity contribution in [3.8, 4) is 17.1 Å². The number of aromatic nitrogens is 4. The number of nitrogens with zero attached hydrogens (tertiary/aromatic N) is 3. The molecule has 0 atom stereocenters. The Labute approximate surface area is 172 Å². The SMILES string of the molecule is Cn1cc(-c2nc3c(c(NCCc4c[nH]c5ccccc45)n2)OCCN3)ccc1=O. The van der Waals surface area contributed by atoms with Crippen LogP contribution in [-0.4, -0.2) is 39.2 Å². The molecule has 1 aliphatic heterocycles. The molecule has 0 unspecified atom stereocenters. The minimum atomic E-state index is -0.0738. The Morgan fingerprint density at radius 3 is 3.00 bits per heavy atom. The van der Waals surface area contributed by atoms with Crippen LogP contribution in [0.3, 0.4) is 0 Å². The molecule has 0 spiro atoms. The van der Waals surface area contributed by atoms with Crippen molar-refractivity contribution in [3.63, 3.8) is 0 Å². The molecular formula is C22H22N6O2. The number of H-pyrrole nitrogens is 1. The average Bonchev–Trinajstić information content (AvgIpc) is 3.18. The topological polar surface area (TPSA) is 96.9 Å². The predicted octanol–water partition coefficient (Wildman–Crippen LogP) is 2.78. The van der Waals surface area contributed by atoms with Crippen LogP contribution in [0, 0.1) is 0 Å². The van der Waals surface area contributed by atoms with Gasteiger partial charge in [-0.2, -0.15) is 0 Å². The van der Waals surface area contributed by atoms with Gasteiger partial charge in [0.05, 0.1) is 6.54 Å². The number of aromatic amines is 1. The summed E-state index contributed by atoms with van der Waals surface area (Å²) in [5, 5.41) is 7.92. The summed E-state index contributed by atoms with van der Waals surface area (Å²) < 4.78 is 7.35. The van der Waals surface area contributed by atoms with Crippen molar-refractivity contribution >= 4 is 22.5 Å². The fourth-order valence-electron chi connectivity index (χ4n) is 3.66. The molecule has 0 radical (unpaired) electrons. The van der Waals surface area contributed by atoms with Crippen LogP contribution in [0.5, 0.6) is 5.75 Å². The zero-order chi connectivity index (χ0) is 20.5. The van der Waals surface area contributed by atoms with Crippen LogP contribution >= 0.6 is 0 Å². The van der Waals surface area contributed by atoms with Gasteiger partial charge in [0.25, 0.3) is 0 Å². The number of anilines is 2. The fourth-order valence-corrected chi connectivity index (χ4v) is 3.66. The molecule has 152 valence electrons. The molecule has 1 aliphatic rings. The van der Waals surface area contributed by atoms with Gasteiger partial charge in [-0.05, 0) is 24.1 Å². The van der Waals surface area contributed by atoms with Crippen LogP contribution in [0.4, 0.5) is 11.6 Å². The first kappa shape index (κ1) is 18.2. The summed E-state index contributed by atoms with van der Waals surface area (Å²) in [4.78, 5) is 24.3. The standard InChI is InChI=1S/C22H22N6O2/c1-28-13-15(6-7-18(28)29)20-26-21(19-22(27-20)24-10-11-30-19)23-9-8-14-12-25-17-5-3-2-4-16(14)17/h2-7,12-13,25H,8-11H2,1H3,(H2,23,24,26,27). The van der Waals surface area contributed by atoms with Crippen molar-refractivity contribution in [2.45, 2.75) is 6.42 Å². The van der Waals surface area contributed by atoms with Crippen LogP contribution in [0.15, 0.2) is 53.6 Å². The third-order valence-electron chi connectivity index (χ3n) is 5.21. The monoisotopic (exact) mass is 402 g/mol. The van der Waals surface area contributed by atoms with Gasteiger partial charge in [0.1, 0.15) is 6.61 Å². The molecule has 5 rings (SSSR count). The fraction of sp³-hybridized carbons (Fsp3) is 0.227. The minimum Gasteiger partial charge on any atom is -0.485 e. The van der Waals surface area contributed by atoms with Crippen LogP contribution in [0.2, 0.25) is 0 Å². The van der Waals surface area contributed by atoms with Crippen molar-refractivity contribution in [2.24, 2.45) is 7.05 Å². The van der Waals surface area contributed by atoms with Crippen molar-refractivity contribution in [1.29, 1.82) is 0 Å². The number of pyridine rings is 1. The first-order valence-electron chi connectivity index (χ1n) is 9.94. The number of nitrogens with one attached hydrogen (secondary N) is 3. The molecule has 8 nitrogen and oxygen atoms in total. The van der Waals surface area contributed by atoms with Crippen LogP contribution < -0.4 is 20.9 Å². The molecular weight excluding hydrogens is 380 g/mol. The van der Waals surface area contributed by atoms with E-state index in [2.05, 4.69) is 38.9 Å². The van der Waals surface area contributed by atoms with Gasteiger partial charge < -0.3 is 24.9 Å². The number of ether oxygens (including phenoxy) is 1. The van der Waals surface area contributed by atoms with Crippen LogP contribution in [-0.2, 0) is 13.5 Å². The highest BCUT2D eigenvalue weighted by Crippen LogP contribution is 2.34. The summed E-state index contributed by atoms with van der Waals surface area (Å²) in [6.45, 7) is 1.94. The lowest BCUT2D eigenvalue weighted by Crippen LogP contribution is -2.22. The van der Waals surface area contributed by atoms with E-state index in [-0.39, 0.29) is 5.56 Å². The number of benzene rings is 1. The number of para-hydroxylation sites is 1. The van der Waals surface area contributed by atoms with Gasteiger partial charge in [0.2, 0.25) is 11.3 Å². The summed E-state index contributed by atoms with van der Waals surface area (Å²) in [6, 6.07) is 11.5. The van der Waals surface area contributed by atoms with Gasteiger partial charge >= 0.3 is 0 Å². The van der Waals surface area contributed by atoms with E-state index in [1.54, 1.807) is 19.3 Å². The third kappa shape index (κ3) is 3.36. The van der Waals surface area contributed by atoms with Crippen molar-refractivity contribution < 1.29 is 4.74 Å². The normalized spacial score (nSPS) is 12.8. The molecule has 1 aromatic carbocycles. The van der Waals surface area contributed by atoms with E-state index < -0.39 is 0 Å². The van der Waals surface area contributed by atoms with E-state index in [0.717, 1.165) is 17.5 Å². The highest BCUT2D eigenvalue weighted by atomic mass is 16.5. The van der Waals surface area contributed by atoms with E-state index in [4.69, 9.17) is 9.72 Å². The molecule has 0 saturated carbocycles. The Bertz CT molecular complexity index is 1280. The smallest absolute Gasteiger partial charge is 0.250 e. The largest absolute Gasteiger partial charge is 0.485 e. The number of fused-ring (bicyclic) bond motifs is 2. The zero-order valence-corrected chi connectivity index (χ0v) is 16.6. The second-order valence-corrected chi connectivity index (χ2v) is 7.25. The average molecular weight is 402 g/mol. The molecule has 4 aromatic rings. The van der Waals surface area contributed by atoms with Gasteiger partial charge in [0.15, 0.2) is 17.5 Å². The van der Waals surface area contributed by atoms with Crippen molar-refractivity contribution in [2.75, 3.05) is 30.3 Å². The Hall–Kier alpha value is -3.81. The molecule has 4 heterocycles. The Balaban J connectivity index is 1.43. The molecule has 30 heavy (non-hydrogen) atoms. The predicted molar refractivity (Wildman–Crippen MR) is 117 cm³/mol. The maximum Gasteiger partial charge on any atom is 0.250 e. The van der Waals surface area contributed by atoms with Crippen molar-refractivity contribution in [1.82, 2.24) is 19.5 Å². The lowest BCUT2D eigenvalue weighted by molar-refractivity contribution is 0.321. The Morgan fingerprint density at radius 1 is 1.20 bits per heavy atom. The highest BCUT2D eigenvalue weighted by molar-refractivity contribution is 5.83. The molecule has 0 aliphatic carbocycles. The quantitative estimate of drug-likeness (QED) is 0.475. The molecule has 0 amide bonds. The third-order valence-corrected chi connectivity index (χ3v) is 5.21. The van der Waals surface area contributed by atoms with Gasteiger partial charge in [-0.3, -0.25) is 4.79 Å². The number of rotatable bonds is 5. The van der Waals surface area contributed by atoms with E-state index in [1.807, 2.05) is 12.1 Å². The minimum absolute atomic E-state index is 0.0738. The highest BCUT2D eigenvalue weighted by Gasteiger charge is 2.20. The first-order valence-corrected chi connectivity index (χ1v) is 9.94. The van der Waals surface area contributed by atoms with Crippen molar-refractivity contribution in [3.05, 3.63) is 64.7 Å². The summed E-state index contributed by atoms with van der Waals surface area (Å²) in [5.41, 5.74) is 3.08. The Morgan fingerprint density at radius 2 is 2.10 bits per heavy atom. The van der Waals surface area contributed by atoms with E-state index >= 15 is 0 Å². The molecule has 3 N–H and O–H groups in total. The number of aryl methyl sites for hydroxylation is 1. The molecule has 8 heteroatoms. The van der Waals surface area contributed by atoms with Gasteiger partial charge in [-0.15, -0.1) is 0 Å². The number of hydrogen-bond donors (Lipinski definition) is 3. The van der Waals surface area contributed by atoms with Crippen LogP contribution in [0.25, 0.3) is 22.3 Å². The number of hydrogen-bond acceptors (Lipinski definition) is 6. The summed E-state index contributed by atoms with van der Waals surface area (Å²) in [7, 11) is 1.71. The van der Waals surface area contributed by atoms with Gasteiger partial charge in [-0.1, -0.05) is 18.2 Å². The maximum absolute atomic E-state index is 11.7. The molecule has 0 fully saturated rings. The van der Waals surface area contributed by atoms with Crippen LogP contribution in [0.1, 0.15) is 5.56 Å². The van der Waals surface area contributed by atoms with Gasteiger partial charge in [0, 0.05) is 48.5 Å². The second kappa shape index (κ2) is 7.55. The van der Waals surface area contributed by atoms with E-state index in [1.165, 1.54) is 21.6 Å². The van der Waals surface area contributed by atoms with E-state index in [9.17, 15) is 4.79 Å². The zero-order valence-electron chi connectivity index (χ0n) is 16.6. The molecule has 0 bridgehead atoms. The second-order valence-electron chi connectivity index (χ2n) is 7.25.